The Morgan fingerprint density at radius 3 is 1.54 bits per heavy atom. The molecule has 142 valence electrons. The summed E-state index contributed by atoms with van der Waals surface area (Å²) in [5.41, 5.74) is -0.733. The first-order chi connectivity index (χ1) is 10.5. The van der Waals surface area contributed by atoms with E-state index in [1.54, 1.807) is 0 Å². The van der Waals surface area contributed by atoms with Gasteiger partial charge in [-0.15, -0.1) is 0 Å². The van der Waals surface area contributed by atoms with Crippen molar-refractivity contribution in [3.8, 4) is 0 Å². The third-order valence-corrected chi connectivity index (χ3v) is 4.23. The second kappa shape index (κ2) is 7.88. The lowest BCUT2D eigenvalue weighted by Gasteiger charge is -2.32. The zero-order valence-electron chi connectivity index (χ0n) is 17.6. The van der Waals surface area contributed by atoms with E-state index >= 15 is 0 Å². The molecule has 0 atom stereocenters. The summed E-state index contributed by atoms with van der Waals surface area (Å²) in [6.07, 6.45) is 1.68. The molecule has 4 heteroatoms. The number of hydrogen-bond acceptors (Lipinski definition) is 2. The minimum Gasteiger partial charge on any atom is -0.355 e. The topological polar surface area (TPSA) is 58.2 Å². The van der Waals surface area contributed by atoms with Crippen LogP contribution >= 0.6 is 0 Å². The van der Waals surface area contributed by atoms with E-state index in [1.807, 2.05) is 34.6 Å². The lowest BCUT2D eigenvalue weighted by molar-refractivity contribution is -0.131. The second-order valence-electron chi connectivity index (χ2n) is 10.7. The monoisotopic (exact) mass is 340 g/mol. The largest absolute Gasteiger partial charge is 0.355 e. The maximum atomic E-state index is 12.4. The summed E-state index contributed by atoms with van der Waals surface area (Å²) in [7, 11) is 0. The van der Waals surface area contributed by atoms with Crippen molar-refractivity contribution < 1.29 is 9.59 Å². The minimum atomic E-state index is -0.406. The molecular formula is C20H40N2O2. The highest BCUT2D eigenvalue weighted by Crippen LogP contribution is 2.31. The molecule has 0 spiro atoms. The van der Waals surface area contributed by atoms with Crippen LogP contribution < -0.4 is 10.6 Å². The Kier molecular flexibility index (Phi) is 7.53. The molecule has 0 bridgehead atoms. The molecule has 4 nitrogen and oxygen atoms in total. The number of carbonyl (C=O) groups excluding carboxylic acids is 2. The van der Waals surface area contributed by atoms with Crippen molar-refractivity contribution in [2.24, 2.45) is 21.7 Å². The lowest BCUT2D eigenvalue weighted by Crippen LogP contribution is -2.43. The third-order valence-electron chi connectivity index (χ3n) is 4.23. The van der Waals surface area contributed by atoms with Crippen LogP contribution in [-0.4, -0.2) is 24.9 Å². The summed E-state index contributed by atoms with van der Waals surface area (Å²) < 4.78 is 0. The van der Waals surface area contributed by atoms with E-state index in [0.29, 0.717) is 13.1 Å². The van der Waals surface area contributed by atoms with Crippen molar-refractivity contribution in [3.63, 3.8) is 0 Å². The minimum absolute atomic E-state index is 0.0392. The van der Waals surface area contributed by atoms with Crippen LogP contribution in [0.3, 0.4) is 0 Å². The van der Waals surface area contributed by atoms with Gasteiger partial charge in [0.05, 0.1) is 0 Å². The van der Waals surface area contributed by atoms with Crippen molar-refractivity contribution in [2.45, 2.75) is 82.1 Å². The number of amides is 2. The number of carbonyl (C=O) groups is 2. The molecule has 0 saturated carbocycles. The summed E-state index contributed by atoms with van der Waals surface area (Å²) in [6.45, 7) is 21.7. The molecular weight excluding hydrogens is 300 g/mol. The summed E-state index contributed by atoms with van der Waals surface area (Å²) in [6, 6.07) is 0. The van der Waals surface area contributed by atoms with Crippen molar-refractivity contribution in [3.05, 3.63) is 0 Å². The van der Waals surface area contributed by atoms with Crippen LogP contribution in [0.15, 0.2) is 0 Å². The average Bonchev–Trinajstić information content (AvgIpc) is 2.38. The molecule has 2 amide bonds. The van der Waals surface area contributed by atoms with Gasteiger partial charge in [-0.3, -0.25) is 9.59 Å². The van der Waals surface area contributed by atoms with Crippen LogP contribution in [0.25, 0.3) is 0 Å². The summed E-state index contributed by atoms with van der Waals surface area (Å²) >= 11 is 0. The van der Waals surface area contributed by atoms with Gasteiger partial charge in [-0.25, -0.2) is 0 Å². The van der Waals surface area contributed by atoms with Gasteiger partial charge in [0.2, 0.25) is 11.8 Å². The normalized spacial score (nSPS) is 13.6. The lowest BCUT2D eigenvalue weighted by atomic mass is 9.78. The molecule has 0 fully saturated rings. The maximum absolute atomic E-state index is 12.4. The zero-order chi connectivity index (χ0) is 19.4. The molecule has 0 unspecified atom stereocenters. The quantitative estimate of drug-likeness (QED) is 0.731. The summed E-state index contributed by atoms with van der Waals surface area (Å²) in [5.74, 6) is 0.171. The highest BCUT2D eigenvalue weighted by Gasteiger charge is 2.32. The standard InChI is InChI=1S/C20H40N2O2/c1-17(2,3)13-21-16(24)20(9,10)12-11-19(7,8)14-22-15(23)18(4,5)6/h11-14H2,1-10H3,(H,21,24)(H,22,23). The zero-order valence-corrected chi connectivity index (χ0v) is 17.6. The van der Waals surface area contributed by atoms with Gasteiger partial charge in [-0.1, -0.05) is 69.2 Å². The third kappa shape index (κ3) is 9.29. The van der Waals surface area contributed by atoms with Crippen molar-refractivity contribution >= 4 is 11.8 Å². The first-order valence-electron chi connectivity index (χ1n) is 9.03. The van der Waals surface area contributed by atoms with E-state index in [9.17, 15) is 9.59 Å². The number of nitrogens with one attached hydrogen (secondary N) is 2. The van der Waals surface area contributed by atoms with Crippen LogP contribution in [0.1, 0.15) is 82.1 Å². The Balaban J connectivity index is 4.51. The van der Waals surface area contributed by atoms with Gasteiger partial charge in [-0.2, -0.15) is 0 Å². The second-order valence-corrected chi connectivity index (χ2v) is 10.7. The molecule has 0 aromatic heterocycles. The fourth-order valence-electron chi connectivity index (χ4n) is 2.02. The number of rotatable bonds is 7. The first kappa shape index (κ1) is 22.9. The fraction of sp³-hybridized carbons (Fsp3) is 0.900. The van der Waals surface area contributed by atoms with Crippen molar-refractivity contribution in [1.29, 1.82) is 0 Å². The van der Waals surface area contributed by atoms with Crippen LogP contribution in [0.4, 0.5) is 0 Å². The average molecular weight is 341 g/mol. The molecule has 0 saturated heterocycles. The van der Waals surface area contributed by atoms with Gasteiger partial charge in [0.25, 0.3) is 0 Å². The first-order valence-corrected chi connectivity index (χ1v) is 9.03. The molecule has 0 heterocycles. The van der Waals surface area contributed by atoms with Crippen LogP contribution in [0.5, 0.6) is 0 Å². The molecule has 0 aromatic carbocycles. The van der Waals surface area contributed by atoms with Crippen LogP contribution in [0, 0.1) is 21.7 Å². The Morgan fingerprint density at radius 1 is 0.667 bits per heavy atom. The van der Waals surface area contributed by atoms with E-state index in [1.165, 1.54) is 0 Å². The summed E-state index contributed by atoms with van der Waals surface area (Å²) in [4.78, 5) is 24.5. The van der Waals surface area contributed by atoms with E-state index in [-0.39, 0.29) is 28.1 Å². The van der Waals surface area contributed by atoms with Crippen LogP contribution in [0.2, 0.25) is 0 Å². The van der Waals surface area contributed by atoms with Gasteiger partial charge >= 0.3 is 0 Å². The van der Waals surface area contributed by atoms with Gasteiger partial charge < -0.3 is 10.6 Å². The summed E-state index contributed by atoms with van der Waals surface area (Å²) in [5, 5.41) is 6.09. The molecule has 0 radical (unpaired) electrons. The Morgan fingerprint density at radius 2 is 1.12 bits per heavy atom. The van der Waals surface area contributed by atoms with Crippen molar-refractivity contribution in [1.82, 2.24) is 10.6 Å². The smallest absolute Gasteiger partial charge is 0.225 e. The van der Waals surface area contributed by atoms with Gasteiger partial charge in [0, 0.05) is 23.9 Å². The molecule has 0 rings (SSSR count). The van der Waals surface area contributed by atoms with Crippen LogP contribution in [-0.2, 0) is 9.59 Å². The molecule has 0 aliphatic heterocycles. The van der Waals surface area contributed by atoms with E-state index in [2.05, 4.69) is 45.3 Å². The highest BCUT2D eigenvalue weighted by molar-refractivity contribution is 5.82. The van der Waals surface area contributed by atoms with Crippen molar-refractivity contribution in [2.75, 3.05) is 13.1 Å². The maximum Gasteiger partial charge on any atom is 0.225 e. The molecule has 0 aromatic rings. The Bertz CT molecular complexity index is 438. The van der Waals surface area contributed by atoms with E-state index in [0.717, 1.165) is 12.8 Å². The Labute approximate surface area is 149 Å². The SMILES string of the molecule is CC(C)(C)CNC(=O)C(C)(C)CCC(C)(C)CNC(=O)C(C)(C)C. The molecule has 24 heavy (non-hydrogen) atoms. The molecule has 0 aliphatic carbocycles. The predicted molar refractivity (Wildman–Crippen MR) is 102 cm³/mol. The van der Waals surface area contributed by atoms with E-state index in [4.69, 9.17) is 0 Å². The fourth-order valence-corrected chi connectivity index (χ4v) is 2.02. The van der Waals surface area contributed by atoms with Gasteiger partial charge in [-0.05, 0) is 23.7 Å². The Hall–Kier alpha value is -1.06. The molecule has 0 aliphatic rings. The van der Waals surface area contributed by atoms with E-state index < -0.39 is 5.41 Å². The number of hydrogen-bond donors (Lipinski definition) is 2. The highest BCUT2D eigenvalue weighted by atomic mass is 16.2. The van der Waals surface area contributed by atoms with Gasteiger partial charge in [0.15, 0.2) is 0 Å². The predicted octanol–water partition coefficient (Wildman–Crippen LogP) is 4.14. The van der Waals surface area contributed by atoms with Gasteiger partial charge in [0.1, 0.15) is 0 Å². The molecule has 2 N–H and O–H groups in total.